The Morgan fingerprint density at radius 1 is 1.21 bits per heavy atom. The van der Waals surface area contributed by atoms with Crippen LogP contribution in [0, 0.1) is 5.41 Å². The minimum atomic E-state index is -0.574. The second-order valence-electron chi connectivity index (χ2n) is 7.98. The first kappa shape index (κ1) is 18.3. The van der Waals surface area contributed by atoms with Gasteiger partial charge in [0.05, 0.1) is 10.4 Å². The maximum Gasteiger partial charge on any atom is 0.293 e. The monoisotopic (exact) mass is 433 g/mol. The van der Waals surface area contributed by atoms with Gasteiger partial charge in [-0.2, -0.15) is 0 Å². The topological polar surface area (TPSA) is 117 Å². The number of anilines is 2. The molecular weight excluding hydrogens is 417 g/mol. The quantitative estimate of drug-likeness (QED) is 0.493. The molecule has 3 aromatic heterocycles. The van der Waals surface area contributed by atoms with Crippen LogP contribution in [0.25, 0.3) is 11.0 Å². The number of halogens is 2. The average Bonchev–Trinajstić information content (AvgIpc) is 3.24. The third-order valence-electron chi connectivity index (χ3n) is 5.97. The van der Waals surface area contributed by atoms with Gasteiger partial charge in [-0.15, -0.1) is 12.4 Å². The molecule has 4 N–H and O–H groups in total. The van der Waals surface area contributed by atoms with Crippen molar-refractivity contribution in [2.24, 2.45) is 5.41 Å². The summed E-state index contributed by atoms with van der Waals surface area (Å²) in [5, 5.41) is 6.97. The number of carbonyl (C=O) groups excluding carboxylic acids is 1. The molecule has 0 bridgehead atoms. The molecule has 1 aliphatic heterocycles. The standard InChI is InChI=1S/C18H16ClN7O2.ClH/c19-10-5-11(23-14-9-1-4-20-13(9)21-8-22-14)16(28)26-12(10)15(27)24-18(25-26)6-17(7-18)2-3-17;/h1,4-5,8,25H,2-3,6-7H2,(H,24,27)(H2,20,21,22,23);1H. The summed E-state index contributed by atoms with van der Waals surface area (Å²) in [6, 6.07) is 3.28. The molecule has 0 aromatic carbocycles. The van der Waals surface area contributed by atoms with Crippen molar-refractivity contribution in [3.05, 3.63) is 45.7 Å². The Hall–Kier alpha value is -2.78. The number of hydrogen-bond acceptors (Lipinski definition) is 6. The summed E-state index contributed by atoms with van der Waals surface area (Å²) in [4.78, 5) is 37.2. The molecule has 150 valence electrons. The van der Waals surface area contributed by atoms with Gasteiger partial charge in [0.2, 0.25) is 0 Å². The Morgan fingerprint density at radius 3 is 2.76 bits per heavy atom. The predicted molar refractivity (Wildman–Crippen MR) is 111 cm³/mol. The Morgan fingerprint density at radius 2 is 2.00 bits per heavy atom. The molecule has 2 spiro atoms. The lowest BCUT2D eigenvalue weighted by Crippen LogP contribution is -2.70. The summed E-state index contributed by atoms with van der Waals surface area (Å²) in [6.07, 6.45) is 7.15. The van der Waals surface area contributed by atoms with E-state index in [0.717, 1.165) is 18.2 Å². The molecule has 2 saturated carbocycles. The van der Waals surface area contributed by atoms with Crippen molar-refractivity contribution in [1.82, 2.24) is 24.9 Å². The van der Waals surface area contributed by atoms with E-state index in [4.69, 9.17) is 11.6 Å². The highest BCUT2D eigenvalue weighted by molar-refractivity contribution is 6.34. The fourth-order valence-electron chi connectivity index (χ4n) is 4.54. The van der Waals surface area contributed by atoms with Crippen LogP contribution in [-0.4, -0.2) is 31.2 Å². The maximum absolute atomic E-state index is 13.1. The predicted octanol–water partition coefficient (Wildman–Crippen LogP) is 2.50. The van der Waals surface area contributed by atoms with Crippen LogP contribution in [0.4, 0.5) is 11.5 Å². The fraction of sp³-hybridized carbons (Fsp3) is 0.333. The van der Waals surface area contributed by atoms with Crippen molar-refractivity contribution >= 4 is 52.5 Å². The second-order valence-corrected chi connectivity index (χ2v) is 8.39. The molecule has 3 aliphatic rings. The van der Waals surface area contributed by atoms with E-state index in [2.05, 4.69) is 31.0 Å². The molecule has 0 saturated heterocycles. The van der Waals surface area contributed by atoms with Gasteiger partial charge in [-0.25, -0.2) is 14.6 Å². The lowest BCUT2D eigenvalue weighted by atomic mass is 9.71. The van der Waals surface area contributed by atoms with Crippen LogP contribution < -0.4 is 21.6 Å². The summed E-state index contributed by atoms with van der Waals surface area (Å²) in [6.45, 7) is 0. The van der Waals surface area contributed by atoms with Crippen LogP contribution in [-0.2, 0) is 0 Å². The van der Waals surface area contributed by atoms with Gasteiger partial charge in [0.25, 0.3) is 11.5 Å². The van der Waals surface area contributed by atoms with Gasteiger partial charge in [0.1, 0.15) is 34.8 Å². The van der Waals surface area contributed by atoms with Gasteiger partial charge >= 0.3 is 0 Å². The normalized spacial score (nSPS) is 19.7. The van der Waals surface area contributed by atoms with Gasteiger partial charge < -0.3 is 15.6 Å². The minimum Gasteiger partial charge on any atom is -0.346 e. The SMILES string of the molecule is Cl.O=C1NC2(CC3(CC3)C2)Nn2c1c(Cl)cc(Nc1ncnc3[nH]ccc13)c2=O. The van der Waals surface area contributed by atoms with Crippen molar-refractivity contribution in [2.45, 2.75) is 31.3 Å². The Bertz CT molecular complexity index is 1220. The number of nitrogens with zero attached hydrogens (tertiary/aromatic N) is 3. The Balaban J connectivity index is 0.00000181. The molecule has 9 nitrogen and oxygen atoms in total. The van der Waals surface area contributed by atoms with E-state index in [9.17, 15) is 9.59 Å². The number of H-pyrrole nitrogens is 1. The van der Waals surface area contributed by atoms with Crippen LogP contribution in [0.3, 0.4) is 0 Å². The van der Waals surface area contributed by atoms with E-state index in [1.807, 2.05) is 6.07 Å². The number of hydrogen-bond donors (Lipinski definition) is 4. The molecule has 3 aromatic rings. The zero-order valence-electron chi connectivity index (χ0n) is 15.1. The highest BCUT2D eigenvalue weighted by atomic mass is 35.5. The molecule has 0 unspecified atom stereocenters. The summed E-state index contributed by atoms with van der Waals surface area (Å²) in [7, 11) is 0. The highest BCUT2D eigenvalue weighted by Gasteiger charge is 2.63. The zero-order valence-corrected chi connectivity index (χ0v) is 16.7. The smallest absolute Gasteiger partial charge is 0.293 e. The van der Waals surface area contributed by atoms with E-state index in [0.29, 0.717) is 16.9 Å². The highest BCUT2D eigenvalue weighted by Crippen LogP contribution is 2.64. The molecule has 6 rings (SSSR count). The van der Waals surface area contributed by atoms with Crippen molar-refractivity contribution in [3.8, 4) is 0 Å². The van der Waals surface area contributed by atoms with Crippen molar-refractivity contribution in [1.29, 1.82) is 0 Å². The van der Waals surface area contributed by atoms with Gasteiger partial charge in [-0.1, -0.05) is 11.6 Å². The fourth-order valence-corrected chi connectivity index (χ4v) is 4.82. The summed E-state index contributed by atoms with van der Waals surface area (Å²) in [5.74, 6) is 0.147. The van der Waals surface area contributed by atoms with Crippen LogP contribution in [0.2, 0.25) is 5.02 Å². The number of pyridine rings is 1. The first-order chi connectivity index (χ1) is 13.5. The molecule has 0 radical (unpaired) electrons. The second kappa shape index (κ2) is 5.87. The van der Waals surface area contributed by atoms with Crippen LogP contribution in [0.5, 0.6) is 0 Å². The number of rotatable bonds is 2. The Labute approximate surface area is 175 Å². The number of amides is 1. The van der Waals surface area contributed by atoms with Gasteiger partial charge in [0, 0.05) is 6.20 Å². The first-order valence-corrected chi connectivity index (χ1v) is 9.47. The van der Waals surface area contributed by atoms with E-state index < -0.39 is 5.66 Å². The van der Waals surface area contributed by atoms with Crippen LogP contribution in [0.15, 0.2) is 29.5 Å². The number of aromatic amines is 1. The van der Waals surface area contributed by atoms with E-state index >= 15 is 0 Å². The molecule has 4 heterocycles. The minimum absolute atomic E-state index is 0. The maximum atomic E-state index is 13.1. The molecule has 29 heavy (non-hydrogen) atoms. The zero-order chi connectivity index (χ0) is 19.1. The van der Waals surface area contributed by atoms with Crippen molar-refractivity contribution in [3.63, 3.8) is 0 Å². The van der Waals surface area contributed by atoms with E-state index in [1.165, 1.54) is 29.9 Å². The third-order valence-corrected chi connectivity index (χ3v) is 6.25. The summed E-state index contributed by atoms with van der Waals surface area (Å²) >= 11 is 6.36. The summed E-state index contributed by atoms with van der Waals surface area (Å²) in [5.41, 5.74) is 3.60. The lowest BCUT2D eigenvalue weighted by molar-refractivity contribution is 0.0594. The van der Waals surface area contributed by atoms with Crippen molar-refractivity contribution in [2.75, 3.05) is 10.7 Å². The average molecular weight is 434 g/mol. The summed E-state index contributed by atoms with van der Waals surface area (Å²) < 4.78 is 1.27. The number of carbonyl (C=O) groups is 1. The van der Waals surface area contributed by atoms with Crippen molar-refractivity contribution < 1.29 is 4.79 Å². The largest absolute Gasteiger partial charge is 0.346 e. The van der Waals surface area contributed by atoms with Gasteiger partial charge in [-0.3, -0.25) is 15.0 Å². The van der Waals surface area contributed by atoms with E-state index in [-0.39, 0.29) is 40.3 Å². The molecule has 2 fully saturated rings. The molecule has 11 heteroatoms. The lowest BCUT2D eigenvalue weighted by Gasteiger charge is -2.52. The van der Waals surface area contributed by atoms with E-state index in [1.54, 1.807) is 6.20 Å². The molecular formula is C18H17Cl2N7O2. The van der Waals surface area contributed by atoms with Gasteiger partial charge in [0.15, 0.2) is 0 Å². The number of aromatic nitrogens is 4. The molecule has 1 amide bonds. The molecule has 0 atom stereocenters. The van der Waals surface area contributed by atoms with Crippen LogP contribution in [0.1, 0.15) is 36.2 Å². The number of fused-ring (bicyclic) bond motifs is 2. The van der Waals surface area contributed by atoms with Gasteiger partial charge in [-0.05, 0) is 43.2 Å². The molecule has 2 aliphatic carbocycles. The van der Waals surface area contributed by atoms with Crippen LogP contribution >= 0.6 is 24.0 Å². The first-order valence-electron chi connectivity index (χ1n) is 9.09. The third kappa shape index (κ3) is 2.61. The number of nitrogens with one attached hydrogen (secondary N) is 4. The Kier molecular flexibility index (Phi) is 3.69.